The molecule has 0 aliphatic heterocycles. The molecule has 0 atom stereocenters. The second-order valence-electron chi connectivity index (χ2n) is 4.61. The summed E-state index contributed by atoms with van der Waals surface area (Å²) >= 11 is 3.33. The molecule has 0 aliphatic carbocycles. The Hall–Kier alpha value is -1.20. The number of hydrogen-bond donors (Lipinski definition) is 1. The highest BCUT2D eigenvalue weighted by atomic mass is 79.9. The lowest BCUT2D eigenvalue weighted by atomic mass is 10.1. The number of carboxylic acids is 1. The Kier molecular flexibility index (Phi) is 7.47. The number of carboxylic acid groups (broad SMARTS) is 1. The fourth-order valence-corrected chi connectivity index (χ4v) is 2.34. The highest BCUT2D eigenvalue weighted by Gasteiger charge is 2.09. The van der Waals surface area contributed by atoms with E-state index in [4.69, 9.17) is 5.11 Å². The summed E-state index contributed by atoms with van der Waals surface area (Å²) in [6.45, 7) is 5.57. The summed E-state index contributed by atoms with van der Waals surface area (Å²) in [5.74, 6) is -1.01. The molecule has 5 heteroatoms. The van der Waals surface area contributed by atoms with Crippen LogP contribution in [0.3, 0.4) is 0 Å². The molecule has 0 spiro atoms. The molecule has 0 heterocycles. The van der Waals surface area contributed by atoms with Gasteiger partial charge in [-0.15, -0.1) is 6.58 Å². The Morgan fingerprint density at radius 3 is 2.85 bits per heavy atom. The first-order valence-electron chi connectivity index (χ1n) is 6.52. The van der Waals surface area contributed by atoms with Gasteiger partial charge >= 0.3 is 5.97 Å². The van der Waals surface area contributed by atoms with Crippen LogP contribution in [0.5, 0.6) is 0 Å². The number of halogens is 2. The van der Waals surface area contributed by atoms with Crippen molar-refractivity contribution in [2.45, 2.75) is 25.8 Å². The van der Waals surface area contributed by atoms with Crippen LogP contribution >= 0.6 is 15.9 Å². The molecule has 3 nitrogen and oxygen atoms in total. The van der Waals surface area contributed by atoms with Gasteiger partial charge in [0.1, 0.15) is 5.82 Å². The molecule has 0 saturated heterocycles. The van der Waals surface area contributed by atoms with Crippen LogP contribution in [-0.4, -0.2) is 29.1 Å². The van der Waals surface area contributed by atoms with Gasteiger partial charge < -0.3 is 5.11 Å². The molecule has 20 heavy (non-hydrogen) atoms. The van der Waals surface area contributed by atoms with Crippen LogP contribution in [0.1, 0.15) is 24.8 Å². The SMILES string of the molecule is C=CCN(CCCCC(=O)O)Cc1cc(Br)ccc1F. The summed E-state index contributed by atoms with van der Waals surface area (Å²) in [6, 6.07) is 4.88. The molecule has 0 aromatic heterocycles. The standard InChI is InChI=1S/C15H19BrFNO2/c1-2-8-18(9-4-3-5-15(19)20)11-12-10-13(16)6-7-14(12)17/h2,6-7,10H,1,3-5,8-9,11H2,(H,19,20). The molecule has 0 fully saturated rings. The van der Waals surface area contributed by atoms with Gasteiger partial charge in [0.25, 0.3) is 0 Å². The third kappa shape index (κ3) is 6.30. The van der Waals surface area contributed by atoms with Crippen LogP contribution in [0.25, 0.3) is 0 Å². The van der Waals surface area contributed by atoms with E-state index in [1.165, 1.54) is 6.07 Å². The molecule has 1 rings (SSSR count). The van der Waals surface area contributed by atoms with E-state index in [0.29, 0.717) is 25.1 Å². The van der Waals surface area contributed by atoms with Crippen LogP contribution in [0.15, 0.2) is 35.3 Å². The summed E-state index contributed by atoms with van der Waals surface area (Å²) < 4.78 is 14.6. The van der Waals surface area contributed by atoms with E-state index in [0.717, 1.165) is 17.4 Å². The Morgan fingerprint density at radius 1 is 1.45 bits per heavy atom. The number of rotatable bonds is 9. The summed E-state index contributed by atoms with van der Waals surface area (Å²) in [6.07, 6.45) is 3.35. The monoisotopic (exact) mass is 343 g/mol. The lowest BCUT2D eigenvalue weighted by molar-refractivity contribution is -0.137. The van der Waals surface area contributed by atoms with Gasteiger partial charge in [-0.05, 0) is 37.6 Å². The number of unbranched alkanes of at least 4 members (excludes halogenated alkanes) is 1. The van der Waals surface area contributed by atoms with Gasteiger partial charge in [-0.25, -0.2) is 4.39 Å². The number of carbonyl (C=O) groups is 1. The minimum Gasteiger partial charge on any atom is -0.481 e. The Labute approximate surface area is 127 Å². The van der Waals surface area contributed by atoms with E-state index >= 15 is 0 Å². The van der Waals surface area contributed by atoms with Gasteiger partial charge in [-0.3, -0.25) is 9.69 Å². The van der Waals surface area contributed by atoms with Crippen LogP contribution in [0, 0.1) is 5.82 Å². The molecule has 0 saturated carbocycles. The van der Waals surface area contributed by atoms with Gasteiger partial charge in [0, 0.05) is 29.5 Å². The number of benzene rings is 1. The molecule has 0 bridgehead atoms. The van der Waals surface area contributed by atoms with Crippen LogP contribution in [0.2, 0.25) is 0 Å². The Morgan fingerprint density at radius 2 is 2.20 bits per heavy atom. The second kappa shape index (κ2) is 8.87. The second-order valence-corrected chi connectivity index (χ2v) is 5.53. The van der Waals surface area contributed by atoms with Crippen molar-refractivity contribution in [3.8, 4) is 0 Å². The van der Waals surface area contributed by atoms with E-state index in [2.05, 4.69) is 27.4 Å². The van der Waals surface area contributed by atoms with Gasteiger partial charge in [-0.1, -0.05) is 22.0 Å². The minimum atomic E-state index is -0.779. The lowest BCUT2D eigenvalue weighted by Crippen LogP contribution is -2.25. The normalized spacial score (nSPS) is 10.8. The van der Waals surface area contributed by atoms with Gasteiger partial charge in [-0.2, -0.15) is 0 Å². The average molecular weight is 344 g/mol. The van der Waals surface area contributed by atoms with Crippen molar-refractivity contribution >= 4 is 21.9 Å². The number of aliphatic carboxylic acids is 1. The number of nitrogens with zero attached hydrogens (tertiary/aromatic N) is 1. The quantitative estimate of drug-likeness (QED) is 0.547. The molecular weight excluding hydrogens is 325 g/mol. The topological polar surface area (TPSA) is 40.5 Å². The third-order valence-electron chi connectivity index (χ3n) is 2.90. The highest BCUT2D eigenvalue weighted by molar-refractivity contribution is 9.10. The van der Waals surface area contributed by atoms with E-state index < -0.39 is 5.97 Å². The molecule has 0 aliphatic rings. The first-order valence-corrected chi connectivity index (χ1v) is 7.31. The van der Waals surface area contributed by atoms with E-state index in [-0.39, 0.29) is 12.2 Å². The summed E-state index contributed by atoms with van der Waals surface area (Å²) in [5, 5.41) is 8.60. The van der Waals surface area contributed by atoms with Crippen molar-refractivity contribution in [3.05, 3.63) is 46.7 Å². The maximum atomic E-state index is 13.7. The largest absolute Gasteiger partial charge is 0.481 e. The molecule has 0 radical (unpaired) electrons. The number of hydrogen-bond acceptors (Lipinski definition) is 2. The van der Waals surface area contributed by atoms with Crippen molar-refractivity contribution in [2.75, 3.05) is 13.1 Å². The molecular formula is C15H19BrFNO2. The molecule has 1 N–H and O–H groups in total. The molecule has 0 unspecified atom stereocenters. The fourth-order valence-electron chi connectivity index (χ4n) is 1.93. The zero-order valence-corrected chi connectivity index (χ0v) is 12.9. The first-order chi connectivity index (χ1) is 9.52. The van der Waals surface area contributed by atoms with Crippen molar-refractivity contribution in [1.82, 2.24) is 4.90 Å². The maximum absolute atomic E-state index is 13.7. The summed E-state index contributed by atoms with van der Waals surface area (Å²) in [5.41, 5.74) is 0.624. The van der Waals surface area contributed by atoms with Crippen LogP contribution in [0.4, 0.5) is 4.39 Å². The van der Waals surface area contributed by atoms with E-state index in [1.807, 2.05) is 0 Å². The van der Waals surface area contributed by atoms with Crippen molar-refractivity contribution < 1.29 is 14.3 Å². The van der Waals surface area contributed by atoms with Crippen LogP contribution < -0.4 is 0 Å². The Balaban J connectivity index is 2.55. The van der Waals surface area contributed by atoms with Gasteiger partial charge in [0.2, 0.25) is 0 Å². The van der Waals surface area contributed by atoms with Crippen molar-refractivity contribution in [1.29, 1.82) is 0 Å². The predicted molar refractivity (Wildman–Crippen MR) is 81.1 cm³/mol. The zero-order chi connectivity index (χ0) is 15.0. The molecule has 110 valence electrons. The van der Waals surface area contributed by atoms with Crippen LogP contribution in [-0.2, 0) is 11.3 Å². The van der Waals surface area contributed by atoms with E-state index in [1.54, 1.807) is 18.2 Å². The maximum Gasteiger partial charge on any atom is 0.303 e. The first kappa shape index (κ1) is 16.9. The van der Waals surface area contributed by atoms with Crippen molar-refractivity contribution in [3.63, 3.8) is 0 Å². The van der Waals surface area contributed by atoms with Crippen molar-refractivity contribution in [2.24, 2.45) is 0 Å². The summed E-state index contributed by atoms with van der Waals surface area (Å²) in [7, 11) is 0. The lowest BCUT2D eigenvalue weighted by Gasteiger charge is -2.21. The third-order valence-corrected chi connectivity index (χ3v) is 3.40. The van der Waals surface area contributed by atoms with Gasteiger partial charge in [0.15, 0.2) is 0 Å². The molecule has 1 aromatic carbocycles. The minimum absolute atomic E-state index is 0.174. The predicted octanol–water partition coefficient (Wildman–Crippen LogP) is 3.83. The highest BCUT2D eigenvalue weighted by Crippen LogP contribution is 2.17. The Bertz CT molecular complexity index is 465. The van der Waals surface area contributed by atoms with E-state index in [9.17, 15) is 9.18 Å². The molecule has 1 aromatic rings. The molecule has 0 amide bonds. The smallest absolute Gasteiger partial charge is 0.303 e. The summed E-state index contributed by atoms with van der Waals surface area (Å²) in [4.78, 5) is 12.5. The zero-order valence-electron chi connectivity index (χ0n) is 11.3. The average Bonchev–Trinajstić information content (AvgIpc) is 2.39. The van der Waals surface area contributed by atoms with Gasteiger partial charge in [0.05, 0.1) is 0 Å². The fraction of sp³-hybridized carbons (Fsp3) is 0.400.